The van der Waals surface area contributed by atoms with E-state index >= 15 is 0 Å². The van der Waals surface area contributed by atoms with Crippen molar-refractivity contribution in [2.24, 2.45) is 11.1 Å². The van der Waals surface area contributed by atoms with Crippen LogP contribution in [0.4, 0.5) is 0 Å². The Kier molecular flexibility index (Phi) is 5.81. The highest BCUT2D eigenvalue weighted by Crippen LogP contribution is 2.45. The molecule has 1 heterocycles. The summed E-state index contributed by atoms with van der Waals surface area (Å²) in [5, 5.41) is 0. The summed E-state index contributed by atoms with van der Waals surface area (Å²) < 4.78 is 0. The van der Waals surface area contributed by atoms with E-state index in [4.69, 9.17) is 5.73 Å². The van der Waals surface area contributed by atoms with Gasteiger partial charge < -0.3 is 5.73 Å². The van der Waals surface area contributed by atoms with E-state index in [9.17, 15) is 0 Å². The Bertz CT molecular complexity index is 224. The van der Waals surface area contributed by atoms with Gasteiger partial charge in [0.15, 0.2) is 0 Å². The normalized spacial score (nSPS) is 28.6. The molecule has 102 valence electrons. The first-order valence-corrected chi connectivity index (χ1v) is 8.22. The molecule has 2 nitrogen and oxygen atoms in total. The monoisotopic (exact) mass is 258 g/mol. The van der Waals surface area contributed by atoms with Crippen molar-refractivity contribution < 1.29 is 0 Å². The van der Waals surface area contributed by atoms with Crippen molar-refractivity contribution in [3.63, 3.8) is 0 Å². The third-order valence-electron chi connectivity index (χ3n) is 4.40. The van der Waals surface area contributed by atoms with Gasteiger partial charge in [-0.1, -0.05) is 27.7 Å². The van der Waals surface area contributed by atoms with Gasteiger partial charge in [-0.15, -0.1) is 0 Å². The molecule has 0 aliphatic carbocycles. The molecule has 0 aromatic carbocycles. The minimum atomic E-state index is 0.210. The van der Waals surface area contributed by atoms with Crippen LogP contribution in [0.25, 0.3) is 0 Å². The lowest BCUT2D eigenvalue weighted by Crippen LogP contribution is -2.66. The summed E-state index contributed by atoms with van der Waals surface area (Å²) >= 11 is 2.09. The van der Waals surface area contributed by atoms with Gasteiger partial charge in [-0.25, -0.2) is 0 Å². The molecule has 0 aromatic heterocycles. The van der Waals surface area contributed by atoms with Crippen LogP contribution in [0.5, 0.6) is 0 Å². The second-order valence-electron chi connectivity index (χ2n) is 5.91. The molecular formula is C14H30N2S. The molecule has 0 spiro atoms. The Morgan fingerprint density at radius 3 is 2.18 bits per heavy atom. The SMILES string of the molecule is CCCN(CCC)C1(CN)CSCCC1(C)C. The number of hydrogen-bond acceptors (Lipinski definition) is 3. The Morgan fingerprint density at radius 2 is 1.76 bits per heavy atom. The zero-order valence-corrected chi connectivity index (χ0v) is 12.9. The molecule has 0 saturated carbocycles. The Labute approximate surface area is 112 Å². The van der Waals surface area contributed by atoms with Crippen molar-refractivity contribution in [2.45, 2.75) is 52.5 Å². The van der Waals surface area contributed by atoms with E-state index in [-0.39, 0.29) is 5.54 Å². The molecule has 0 aromatic rings. The van der Waals surface area contributed by atoms with Crippen molar-refractivity contribution in [1.82, 2.24) is 4.90 Å². The number of rotatable bonds is 6. The number of nitrogens with two attached hydrogens (primary N) is 1. The van der Waals surface area contributed by atoms with Crippen molar-refractivity contribution in [1.29, 1.82) is 0 Å². The maximum absolute atomic E-state index is 6.22. The molecular weight excluding hydrogens is 228 g/mol. The lowest BCUT2D eigenvalue weighted by molar-refractivity contribution is 0.00118. The van der Waals surface area contributed by atoms with Crippen LogP contribution in [-0.2, 0) is 0 Å². The standard InChI is InChI=1S/C14H30N2S/c1-5-8-16(9-6-2)14(11-15)12-17-10-7-13(14,3)4/h5-12,15H2,1-4H3. The first kappa shape index (κ1) is 15.3. The number of nitrogens with zero attached hydrogens (tertiary/aromatic N) is 1. The fraction of sp³-hybridized carbons (Fsp3) is 1.00. The van der Waals surface area contributed by atoms with Crippen LogP contribution in [0.15, 0.2) is 0 Å². The summed E-state index contributed by atoms with van der Waals surface area (Å²) in [5.41, 5.74) is 6.78. The fourth-order valence-corrected chi connectivity index (χ4v) is 4.89. The first-order chi connectivity index (χ1) is 8.04. The van der Waals surface area contributed by atoms with E-state index < -0.39 is 0 Å². The molecule has 0 radical (unpaired) electrons. The van der Waals surface area contributed by atoms with Gasteiger partial charge in [0, 0.05) is 17.8 Å². The summed E-state index contributed by atoms with van der Waals surface area (Å²) in [4.78, 5) is 2.68. The molecule has 1 aliphatic heterocycles. The Hall–Kier alpha value is 0.270. The third kappa shape index (κ3) is 2.99. The molecule has 1 saturated heterocycles. The lowest BCUT2D eigenvalue weighted by Gasteiger charge is -2.56. The van der Waals surface area contributed by atoms with Crippen LogP contribution in [0, 0.1) is 5.41 Å². The van der Waals surface area contributed by atoms with Crippen LogP contribution in [0.1, 0.15) is 47.0 Å². The highest BCUT2D eigenvalue weighted by molar-refractivity contribution is 7.99. The molecule has 2 N–H and O–H groups in total. The number of hydrogen-bond donors (Lipinski definition) is 1. The number of thioether (sulfide) groups is 1. The minimum absolute atomic E-state index is 0.210. The lowest BCUT2D eigenvalue weighted by atomic mass is 9.69. The van der Waals surface area contributed by atoms with Crippen LogP contribution in [0.2, 0.25) is 0 Å². The van der Waals surface area contributed by atoms with Gasteiger partial charge in [0.1, 0.15) is 0 Å². The maximum atomic E-state index is 6.22. The van der Waals surface area contributed by atoms with Crippen LogP contribution < -0.4 is 5.73 Å². The first-order valence-electron chi connectivity index (χ1n) is 7.07. The molecule has 1 atom stereocenters. The maximum Gasteiger partial charge on any atom is 0.0472 e. The van der Waals surface area contributed by atoms with Gasteiger partial charge in [0.05, 0.1) is 0 Å². The minimum Gasteiger partial charge on any atom is -0.329 e. The molecule has 1 aliphatic rings. The summed E-state index contributed by atoms with van der Waals surface area (Å²) in [6.07, 6.45) is 3.74. The van der Waals surface area contributed by atoms with Crippen LogP contribution in [-0.4, -0.2) is 41.6 Å². The predicted octanol–water partition coefficient (Wildman–Crippen LogP) is 2.97. The summed E-state index contributed by atoms with van der Waals surface area (Å²) in [5.74, 6) is 2.50. The van der Waals surface area contributed by atoms with Crippen molar-refractivity contribution >= 4 is 11.8 Å². The molecule has 1 rings (SSSR count). The summed E-state index contributed by atoms with van der Waals surface area (Å²) in [6, 6.07) is 0. The predicted molar refractivity (Wildman–Crippen MR) is 79.7 cm³/mol. The molecule has 1 unspecified atom stereocenters. The quantitative estimate of drug-likeness (QED) is 0.794. The summed E-state index contributed by atoms with van der Waals surface area (Å²) in [7, 11) is 0. The largest absolute Gasteiger partial charge is 0.329 e. The van der Waals surface area contributed by atoms with Gasteiger partial charge in [-0.2, -0.15) is 11.8 Å². The Balaban J connectivity index is 2.96. The van der Waals surface area contributed by atoms with Gasteiger partial charge in [0.25, 0.3) is 0 Å². The third-order valence-corrected chi connectivity index (χ3v) is 5.58. The highest BCUT2D eigenvalue weighted by Gasteiger charge is 2.49. The van der Waals surface area contributed by atoms with Gasteiger partial charge in [-0.3, -0.25) is 4.90 Å². The average molecular weight is 258 g/mol. The molecule has 1 fully saturated rings. The highest BCUT2D eigenvalue weighted by atomic mass is 32.2. The second kappa shape index (κ2) is 6.44. The van der Waals surface area contributed by atoms with Crippen LogP contribution in [0.3, 0.4) is 0 Å². The van der Waals surface area contributed by atoms with Gasteiger partial charge in [-0.05, 0) is 43.5 Å². The van der Waals surface area contributed by atoms with Crippen molar-refractivity contribution in [3.05, 3.63) is 0 Å². The topological polar surface area (TPSA) is 29.3 Å². The van der Waals surface area contributed by atoms with E-state index in [1.54, 1.807) is 0 Å². The fourth-order valence-electron chi connectivity index (χ4n) is 3.06. The van der Waals surface area contributed by atoms with Gasteiger partial charge in [0.2, 0.25) is 0 Å². The van der Waals surface area contributed by atoms with E-state index in [0.717, 1.165) is 6.54 Å². The molecule has 0 bridgehead atoms. The second-order valence-corrected chi connectivity index (χ2v) is 7.01. The molecule has 0 amide bonds. The zero-order chi connectivity index (χ0) is 12.9. The van der Waals surface area contributed by atoms with Crippen molar-refractivity contribution in [2.75, 3.05) is 31.1 Å². The van der Waals surface area contributed by atoms with E-state index in [0.29, 0.717) is 5.41 Å². The van der Waals surface area contributed by atoms with E-state index in [1.807, 2.05) is 0 Å². The van der Waals surface area contributed by atoms with Gasteiger partial charge >= 0.3 is 0 Å². The Morgan fingerprint density at radius 1 is 1.18 bits per heavy atom. The van der Waals surface area contributed by atoms with E-state index in [1.165, 1.54) is 43.9 Å². The smallest absolute Gasteiger partial charge is 0.0472 e. The molecule has 3 heteroatoms. The molecule has 17 heavy (non-hydrogen) atoms. The zero-order valence-electron chi connectivity index (χ0n) is 12.1. The van der Waals surface area contributed by atoms with Crippen molar-refractivity contribution in [3.8, 4) is 0 Å². The summed E-state index contributed by atoms with van der Waals surface area (Å²) in [6.45, 7) is 12.6. The van der Waals surface area contributed by atoms with E-state index in [2.05, 4.69) is 44.4 Å². The van der Waals surface area contributed by atoms with Crippen LogP contribution >= 0.6 is 11.8 Å². The average Bonchev–Trinajstić information content (AvgIpc) is 2.29.